The van der Waals surface area contributed by atoms with E-state index in [4.69, 9.17) is 0 Å². The highest BCUT2D eigenvalue weighted by Crippen LogP contribution is 2.30. The molecule has 0 saturated heterocycles. The summed E-state index contributed by atoms with van der Waals surface area (Å²) in [4.78, 5) is 21.5. The monoisotopic (exact) mass is 354 g/mol. The molecule has 1 aromatic rings. The molecule has 0 atom stereocenters. The van der Waals surface area contributed by atoms with E-state index in [9.17, 15) is 31.2 Å². The van der Waals surface area contributed by atoms with E-state index in [-0.39, 0.29) is 0 Å². The lowest BCUT2D eigenvalue weighted by Crippen LogP contribution is -2.39. The van der Waals surface area contributed by atoms with Gasteiger partial charge in [0.15, 0.2) is 0 Å². The van der Waals surface area contributed by atoms with E-state index in [2.05, 4.69) is 10.1 Å². The molecule has 0 saturated carbocycles. The van der Waals surface area contributed by atoms with E-state index in [1.54, 1.807) is 0 Å². The van der Waals surface area contributed by atoms with Crippen LogP contribution in [0.15, 0.2) is 29.2 Å². The van der Waals surface area contributed by atoms with Crippen LogP contribution in [0.3, 0.4) is 0 Å². The van der Waals surface area contributed by atoms with Crippen molar-refractivity contribution in [3.05, 3.63) is 29.8 Å². The first kappa shape index (κ1) is 18.9. The van der Waals surface area contributed by atoms with Gasteiger partial charge in [0.05, 0.1) is 24.1 Å². The Morgan fingerprint density at radius 3 is 2.43 bits per heavy atom. The van der Waals surface area contributed by atoms with Crippen LogP contribution in [0.4, 0.5) is 13.2 Å². The second-order valence-corrected chi connectivity index (χ2v) is 5.97. The van der Waals surface area contributed by atoms with Gasteiger partial charge in [-0.2, -0.15) is 13.2 Å². The van der Waals surface area contributed by atoms with Crippen LogP contribution in [0, 0.1) is 0 Å². The van der Waals surface area contributed by atoms with Gasteiger partial charge >= 0.3 is 12.1 Å². The number of halogens is 3. The smallest absolute Gasteiger partial charge is 0.416 e. The Labute approximate surface area is 129 Å². The van der Waals surface area contributed by atoms with Crippen LogP contribution < -0.4 is 10.0 Å². The molecular formula is C12H13F3N2O5S. The highest BCUT2D eigenvalue weighted by Gasteiger charge is 2.31. The molecule has 0 unspecified atom stereocenters. The van der Waals surface area contributed by atoms with Crippen molar-refractivity contribution in [2.75, 3.05) is 20.2 Å². The summed E-state index contributed by atoms with van der Waals surface area (Å²) in [6, 6.07) is 3.08. The minimum Gasteiger partial charge on any atom is -0.468 e. The van der Waals surface area contributed by atoms with Gasteiger partial charge in [0, 0.05) is 0 Å². The van der Waals surface area contributed by atoms with Gasteiger partial charge in [0.1, 0.15) is 6.54 Å². The third-order valence-electron chi connectivity index (χ3n) is 2.55. The summed E-state index contributed by atoms with van der Waals surface area (Å²) in [7, 11) is -3.21. The van der Waals surface area contributed by atoms with Gasteiger partial charge in [-0.3, -0.25) is 9.59 Å². The largest absolute Gasteiger partial charge is 0.468 e. The van der Waals surface area contributed by atoms with Gasteiger partial charge in [-0.15, -0.1) is 0 Å². The van der Waals surface area contributed by atoms with Crippen molar-refractivity contribution in [1.82, 2.24) is 10.0 Å². The van der Waals surface area contributed by atoms with Crippen molar-refractivity contribution in [3.8, 4) is 0 Å². The van der Waals surface area contributed by atoms with E-state index in [1.807, 2.05) is 4.72 Å². The molecule has 2 N–H and O–H groups in total. The lowest BCUT2D eigenvalue weighted by atomic mass is 10.2. The normalized spacial score (nSPS) is 11.8. The number of amides is 1. The number of esters is 1. The molecule has 0 spiro atoms. The average Bonchev–Trinajstić information content (AvgIpc) is 2.50. The third kappa shape index (κ3) is 5.87. The Kier molecular flexibility index (Phi) is 6.10. The quantitative estimate of drug-likeness (QED) is 0.714. The van der Waals surface area contributed by atoms with Gasteiger partial charge in [-0.25, -0.2) is 13.1 Å². The molecule has 0 bridgehead atoms. The van der Waals surface area contributed by atoms with Crippen LogP contribution in [-0.4, -0.2) is 40.5 Å². The minimum absolute atomic E-state index is 0.453. The van der Waals surface area contributed by atoms with E-state index in [0.717, 1.165) is 25.3 Å². The number of alkyl halides is 3. The summed E-state index contributed by atoms with van der Waals surface area (Å²) < 4.78 is 67.5. The fourth-order valence-corrected chi connectivity index (χ4v) is 2.42. The van der Waals surface area contributed by atoms with E-state index >= 15 is 0 Å². The second kappa shape index (κ2) is 7.42. The second-order valence-electron chi connectivity index (χ2n) is 4.20. The summed E-state index contributed by atoms with van der Waals surface area (Å²) in [6.45, 7) is -1.20. The predicted octanol–water partition coefficient (Wildman–Crippen LogP) is 0.273. The van der Waals surface area contributed by atoms with Gasteiger partial charge < -0.3 is 10.1 Å². The van der Waals surface area contributed by atoms with Crippen molar-refractivity contribution in [1.29, 1.82) is 0 Å². The number of benzene rings is 1. The zero-order chi connectivity index (χ0) is 17.7. The molecule has 0 heterocycles. The molecule has 0 aliphatic heterocycles. The van der Waals surface area contributed by atoms with Crippen molar-refractivity contribution < 1.29 is 35.9 Å². The Balaban J connectivity index is 2.73. The van der Waals surface area contributed by atoms with Crippen LogP contribution >= 0.6 is 0 Å². The maximum absolute atomic E-state index is 12.6. The first-order chi connectivity index (χ1) is 10.6. The number of nitrogens with one attached hydrogen (secondary N) is 2. The van der Waals surface area contributed by atoms with E-state index < -0.39 is 51.6 Å². The summed E-state index contributed by atoms with van der Waals surface area (Å²) in [5.74, 6) is -1.58. The molecule has 0 radical (unpaired) electrons. The molecule has 1 amide bonds. The highest BCUT2D eigenvalue weighted by atomic mass is 32.2. The molecule has 0 fully saturated rings. The number of hydrogen-bond acceptors (Lipinski definition) is 5. The predicted molar refractivity (Wildman–Crippen MR) is 71.7 cm³/mol. The van der Waals surface area contributed by atoms with Crippen LogP contribution in [-0.2, 0) is 30.5 Å². The number of sulfonamides is 1. The fourth-order valence-electron chi connectivity index (χ4n) is 1.39. The number of carbonyl (C=O) groups excluding carboxylic acids is 2. The average molecular weight is 354 g/mol. The van der Waals surface area contributed by atoms with Crippen molar-refractivity contribution in [3.63, 3.8) is 0 Å². The number of carbonyl (C=O) groups is 2. The Hall–Kier alpha value is -2.14. The topological polar surface area (TPSA) is 102 Å². The van der Waals surface area contributed by atoms with E-state index in [0.29, 0.717) is 6.07 Å². The van der Waals surface area contributed by atoms with Gasteiger partial charge in [-0.05, 0) is 18.2 Å². The molecule has 128 valence electrons. The van der Waals surface area contributed by atoms with Crippen LogP contribution in [0.5, 0.6) is 0 Å². The number of methoxy groups -OCH3 is 1. The SMILES string of the molecule is COC(=O)CNC(=O)CNS(=O)(=O)c1cccc(C(F)(F)F)c1. The van der Waals surface area contributed by atoms with Crippen LogP contribution in [0.25, 0.3) is 0 Å². The zero-order valence-corrected chi connectivity index (χ0v) is 12.6. The molecule has 1 rings (SSSR count). The summed E-state index contributed by atoms with van der Waals surface area (Å²) in [5, 5.41) is 2.07. The maximum atomic E-state index is 12.6. The lowest BCUT2D eigenvalue weighted by molar-refractivity contribution is -0.141. The number of rotatable bonds is 6. The van der Waals surface area contributed by atoms with Crippen molar-refractivity contribution >= 4 is 21.9 Å². The number of ether oxygens (including phenoxy) is 1. The lowest BCUT2D eigenvalue weighted by Gasteiger charge is -2.10. The Bertz CT molecular complexity index is 688. The van der Waals surface area contributed by atoms with Crippen molar-refractivity contribution in [2.45, 2.75) is 11.1 Å². The summed E-state index contributed by atoms with van der Waals surface area (Å²) >= 11 is 0. The summed E-state index contributed by atoms with van der Waals surface area (Å²) in [5.41, 5.74) is -1.13. The molecular weight excluding hydrogens is 341 g/mol. The number of hydrogen-bond donors (Lipinski definition) is 2. The molecule has 23 heavy (non-hydrogen) atoms. The highest BCUT2D eigenvalue weighted by molar-refractivity contribution is 7.89. The zero-order valence-electron chi connectivity index (χ0n) is 11.8. The van der Waals surface area contributed by atoms with Gasteiger partial charge in [0.25, 0.3) is 0 Å². The standard InChI is InChI=1S/C12H13F3N2O5S/c1-22-11(19)7-16-10(18)6-17-23(20,21)9-4-2-3-8(5-9)12(13,14)15/h2-5,17H,6-7H2,1H3,(H,16,18). The molecule has 1 aromatic carbocycles. The molecule has 7 nitrogen and oxygen atoms in total. The Morgan fingerprint density at radius 2 is 1.87 bits per heavy atom. The minimum atomic E-state index is -4.69. The maximum Gasteiger partial charge on any atom is 0.416 e. The van der Waals surface area contributed by atoms with Gasteiger partial charge in [0.2, 0.25) is 15.9 Å². The first-order valence-electron chi connectivity index (χ1n) is 6.06. The third-order valence-corrected chi connectivity index (χ3v) is 3.95. The van der Waals surface area contributed by atoms with Crippen molar-refractivity contribution in [2.24, 2.45) is 0 Å². The fraction of sp³-hybridized carbons (Fsp3) is 0.333. The summed E-state index contributed by atoms with van der Waals surface area (Å²) in [6.07, 6.45) is -4.69. The molecule has 11 heteroatoms. The molecule has 0 aliphatic rings. The first-order valence-corrected chi connectivity index (χ1v) is 7.55. The molecule has 0 aliphatic carbocycles. The van der Waals surface area contributed by atoms with Crippen LogP contribution in [0.2, 0.25) is 0 Å². The Morgan fingerprint density at radius 1 is 1.22 bits per heavy atom. The molecule has 0 aromatic heterocycles. The van der Waals surface area contributed by atoms with Crippen LogP contribution in [0.1, 0.15) is 5.56 Å². The van der Waals surface area contributed by atoms with Gasteiger partial charge in [-0.1, -0.05) is 6.07 Å². The van der Waals surface area contributed by atoms with E-state index in [1.165, 1.54) is 0 Å².